The van der Waals surface area contributed by atoms with Gasteiger partial charge in [0.2, 0.25) is 0 Å². The van der Waals surface area contributed by atoms with Crippen LogP contribution in [0.5, 0.6) is 5.75 Å². The summed E-state index contributed by atoms with van der Waals surface area (Å²) in [7, 11) is 0. The van der Waals surface area contributed by atoms with E-state index in [1.165, 1.54) is 17.7 Å². The van der Waals surface area contributed by atoms with Gasteiger partial charge in [-0.2, -0.15) is 0 Å². The molecule has 2 aromatic rings. The normalized spacial score (nSPS) is 15.4. The zero-order valence-electron chi connectivity index (χ0n) is 13.9. The van der Waals surface area contributed by atoms with Crippen molar-refractivity contribution in [2.24, 2.45) is 0 Å². The van der Waals surface area contributed by atoms with Gasteiger partial charge in [0.15, 0.2) is 0 Å². The number of aryl methyl sites for hydroxylation is 1. The minimum Gasteiger partial charge on any atom is -0.489 e. The van der Waals surface area contributed by atoms with Crippen molar-refractivity contribution in [1.82, 2.24) is 4.90 Å². The quantitative estimate of drug-likeness (QED) is 0.774. The first-order valence-electron chi connectivity index (χ1n) is 8.56. The van der Waals surface area contributed by atoms with Gasteiger partial charge in [-0.3, -0.25) is 4.90 Å². The van der Waals surface area contributed by atoms with E-state index in [0.29, 0.717) is 6.61 Å². The van der Waals surface area contributed by atoms with Gasteiger partial charge in [-0.1, -0.05) is 30.3 Å². The molecule has 1 fully saturated rings. The molecule has 1 aliphatic rings. The second-order valence-electron chi connectivity index (χ2n) is 6.08. The van der Waals surface area contributed by atoms with Crippen LogP contribution >= 0.6 is 0 Å². The van der Waals surface area contributed by atoms with E-state index < -0.39 is 0 Å². The third-order valence-electron chi connectivity index (χ3n) is 4.28. The summed E-state index contributed by atoms with van der Waals surface area (Å²) in [5.41, 5.74) is 2.06. The highest BCUT2D eigenvalue weighted by Crippen LogP contribution is 2.21. The lowest BCUT2D eigenvalue weighted by Gasteiger charge is -2.26. The molecule has 0 unspecified atom stereocenters. The monoisotopic (exact) mass is 329 g/mol. The van der Waals surface area contributed by atoms with E-state index in [4.69, 9.17) is 9.47 Å². The van der Waals surface area contributed by atoms with Gasteiger partial charge in [0, 0.05) is 13.1 Å². The number of rotatable bonds is 7. The van der Waals surface area contributed by atoms with Crippen molar-refractivity contribution in [2.45, 2.75) is 19.4 Å². The lowest BCUT2D eigenvalue weighted by atomic mass is 10.1. The molecule has 0 atom stereocenters. The minimum atomic E-state index is -0.227. The summed E-state index contributed by atoms with van der Waals surface area (Å²) in [6, 6.07) is 14.7. The molecule has 24 heavy (non-hydrogen) atoms. The lowest BCUT2D eigenvalue weighted by molar-refractivity contribution is 0.0374. The number of hydrogen-bond donors (Lipinski definition) is 0. The molecule has 2 aromatic carbocycles. The maximum atomic E-state index is 13.2. The molecule has 128 valence electrons. The average Bonchev–Trinajstić information content (AvgIpc) is 2.62. The van der Waals surface area contributed by atoms with Crippen molar-refractivity contribution in [1.29, 1.82) is 0 Å². The molecule has 1 aliphatic heterocycles. The molecule has 0 amide bonds. The Bertz CT molecular complexity index is 641. The van der Waals surface area contributed by atoms with Crippen LogP contribution in [0.3, 0.4) is 0 Å². The van der Waals surface area contributed by atoms with Crippen molar-refractivity contribution in [2.75, 3.05) is 32.8 Å². The van der Waals surface area contributed by atoms with E-state index in [0.717, 1.165) is 57.0 Å². The van der Waals surface area contributed by atoms with Gasteiger partial charge in [0.1, 0.15) is 18.2 Å². The Balaban J connectivity index is 1.52. The fourth-order valence-electron chi connectivity index (χ4n) is 2.96. The van der Waals surface area contributed by atoms with Gasteiger partial charge in [-0.15, -0.1) is 0 Å². The van der Waals surface area contributed by atoms with Crippen molar-refractivity contribution in [3.63, 3.8) is 0 Å². The molecule has 0 aliphatic carbocycles. The van der Waals surface area contributed by atoms with Crippen LogP contribution in [0.4, 0.5) is 4.39 Å². The standard InChI is InChI=1S/C20H24FNO2/c21-19-8-3-5-17(15-19)16-24-20-9-2-1-6-18(20)7-4-10-22-11-13-23-14-12-22/h1-3,5-6,8-9,15H,4,7,10-14,16H2. The van der Waals surface area contributed by atoms with Crippen molar-refractivity contribution in [3.8, 4) is 5.75 Å². The molecule has 0 spiro atoms. The van der Waals surface area contributed by atoms with Gasteiger partial charge in [0.05, 0.1) is 13.2 Å². The minimum absolute atomic E-state index is 0.227. The summed E-state index contributed by atoms with van der Waals surface area (Å²) >= 11 is 0. The third-order valence-corrected chi connectivity index (χ3v) is 4.28. The summed E-state index contributed by atoms with van der Waals surface area (Å²) in [5, 5.41) is 0. The van der Waals surface area contributed by atoms with Gasteiger partial charge in [0.25, 0.3) is 0 Å². The van der Waals surface area contributed by atoms with E-state index in [1.807, 2.05) is 24.3 Å². The molecule has 0 radical (unpaired) electrons. The first-order valence-corrected chi connectivity index (χ1v) is 8.56. The predicted molar refractivity (Wildman–Crippen MR) is 92.8 cm³/mol. The number of benzene rings is 2. The largest absolute Gasteiger partial charge is 0.489 e. The number of halogens is 1. The van der Waals surface area contributed by atoms with E-state index >= 15 is 0 Å². The summed E-state index contributed by atoms with van der Waals surface area (Å²) < 4.78 is 24.5. The zero-order valence-corrected chi connectivity index (χ0v) is 13.9. The van der Waals surface area contributed by atoms with Crippen LogP contribution in [0.1, 0.15) is 17.5 Å². The number of para-hydroxylation sites is 1. The average molecular weight is 329 g/mol. The first kappa shape index (κ1) is 16.9. The number of hydrogen-bond acceptors (Lipinski definition) is 3. The number of ether oxygens (including phenoxy) is 2. The Hall–Kier alpha value is -1.91. The molecule has 0 bridgehead atoms. The predicted octanol–water partition coefficient (Wildman–Crippen LogP) is 3.67. The van der Waals surface area contributed by atoms with Gasteiger partial charge in [-0.05, 0) is 48.7 Å². The molecule has 0 aromatic heterocycles. The van der Waals surface area contributed by atoms with Crippen LogP contribution in [0, 0.1) is 5.82 Å². The van der Waals surface area contributed by atoms with Crippen molar-refractivity contribution < 1.29 is 13.9 Å². The highest BCUT2D eigenvalue weighted by molar-refractivity contribution is 5.33. The molecule has 0 saturated carbocycles. The van der Waals surface area contributed by atoms with Crippen LogP contribution in [0.25, 0.3) is 0 Å². The molecule has 3 rings (SSSR count). The summed E-state index contributed by atoms with van der Waals surface area (Å²) in [4.78, 5) is 2.44. The number of nitrogens with zero attached hydrogens (tertiary/aromatic N) is 1. The molecule has 3 nitrogen and oxygen atoms in total. The molecular formula is C20H24FNO2. The number of morpholine rings is 1. The van der Waals surface area contributed by atoms with Crippen LogP contribution in [0.2, 0.25) is 0 Å². The molecule has 1 heterocycles. The van der Waals surface area contributed by atoms with E-state index in [9.17, 15) is 4.39 Å². The maximum absolute atomic E-state index is 13.2. The Morgan fingerprint density at radius 3 is 2.71 bits per heavy atom. The molecule has 1 saturated heterocycles. The third kappa shape index (κ3) is 5.05. The summed E-state index contributed by atoms with van der Waals surface area (Å²) in [5.74, 6) is 0.665. The van der Waals surface area contributed by atoms with Gasteiger partial charge in [-0.25, -0.2) is 4.39 Å². The van der Waals surface area contributed by atoms with Crippen LogP contribution in [-0.4, -0.2) is 37.7 Å². The Labute approximate surface area is 143 Å². The topological polar surface area (TPSA) is 21.7 Å². The highest BCUT2D eigenvalue weighted by atomic mass is 19.1. The SMILES string of the molecule is Fc1cccc(COc2ccccc2CCCN2CCOCC2)c1. The van der Waals surface area contributed by atoms with E-state index in [1.54, 1.807) is 6.07 Å². The zero-order chi connectivity index (χ0) is 16.6. The second-order valence-corrected chi connectivity index (χ2v) is 6.08. The Morgan fingerprint density at radius 1 is 1.04 bits per heavy atom. The lowest BCUT2D eigenvalue weighted by Crippen LogP contribution is -2.36. The second kappa shape index (κ2) is 8.81. The fourth-order valence-corrected chi connectivity index (χ4v) is 2.96. The Kier molecular flexibility index (Phi) is 6.21. The van der Waals surface area contributed by atoms with Crippen molar-refractivity contribution in [3.05, 3.63) is 65.5 Å². The molecule has 0 N–H and O–H groups in total. The molecular weight excluding hydrogens is 305 g/mol. The van der Waals surface area contributed by atoms with Gasteiger partial charge >= 0.3 is 0 Å². The molecule has 4 heteroatoms. The smallest absolute Gasteiger partial charge is 0.123 e. The van der Waals surface area contributed by atoms with E-state index in [2.05, 4.69) is 11.0 Å². The van der Waals surface area contributed by atoms with Crippen LogP contribution in [-0.2, 0) is 17.8 Å². The van der Waals surface area contributed by atoms with E-state index in [-0.39, 0.29) is 5.82 Å². The highest BCUT2D eigenvalue weighted by Gasteiger charge is 2.10. The Morgan fingerprint density at radius 2 is 1.88 bits per heavy atom. The van der Waals surface area contributed by atoms with Crippen molar-refractivity contribution >= 4 is 0 Å². The van der Waals surface area contributed by atoms with Gasteiger partial charge < -0.3 is 9.47 Å². The fraction of sp³-hybridized carbons (Fsp3) is 0.400. The van der Waals surface area contributed by atoms with Crippen LogP contribution < -0.4 is 4.74 Å². The summed E-state index contributed by atoms with van der Waals surface area (Å²) in [6.07, 6.45) is 2.08. The maximum Gasteiger partial charge on any atom is 0.123 e. The first-order chi connectivity index (χ1) is 11.8. The summed E-state index contributed by atoms with van der Waals surface area (Å²) in [6.45, 7) is 5.20. The van der Waals surface area contributed by atoms with Crippen LogP contribution in [0.15, 0.2) is 48.5 Å².